The molecule has 25 heavy (non-hydrogen) atoms. The van der Waals surface area contributed by atoms with Crippen LogP contribution in [-0.2, 0) is 4.79 Å². The molecule has 1 N–H and O–H groups in total. The highest BCUT2D eigenvalue weighted by Gasteiger charge is 2.50. The Morgan fingerprint density at radius 2 is 1.76 bits per heavy atom. The Morgan fingerprint density at radius 1 is 1.12 bits per heavy atom. The summed E-state index contributed by atoms with van der Waals surface area (Å²) < 4.78 is 5.50. The average Bonchev–Trinajstić information content (AvgIpc) is 2.75. The fourth-order valence-electron chi connectivity index (χ4n) is 3.47. The first-order valence-electron chi connectivity index (χ1n) is 8.53. The molecule has 1 saturated carbocycles. The third kappa shape index (κ3) is 3.57. The molecule has 0 unspecified atom stereocenters. The number of urea groups is 1. The van der Waals surface area contributed by atoms with Gasteiger partial charge < -0.3 is 10.1 Å². The van der Waals surface area contributed by atoms with Crippen LogP contribution in [0.2, 0.25) is 0 Å². The minimum absolute atomic E-state index is 0.0169. The predicted octanol–water partition coefficient (Wildman–Crippen LogP) is 2.62. The minimum atomic E-state index is -0.735. The van der Waals surface area contributed by atoms with Gasteiger partial charge in [0.1, 0.15) is 17.9 Å². The van der Waals surface area contributed by atoms with Gasteiger partial charge in [-0.25, -0.2) is 4.79 Å². The Kier molecular flexibility index (Phi) is 4.87. The van der Waals surface area contributed by atoms with Crippen LogP contribution in [0.5, 0.6) is 5.75 Å². The molecule has 1 aliphatic heterocycles. The van der Waals surface area contributed by atoms with Crippen LogP contribution < -0.4 is 10.1 Å². The molecule has 3 amide bonds. The molecule has 2 fully saturated rings. The Hall–Kier alpha value is -2.64. The summed E-state index contributed by atoms with van der Waals surface area (Å²) in [5.41, 5.74) is -0.752. The Bertz CT molecular complexity index is 665. The summed E-state index contributed by atoms with van der Waals surface area (Å²) in [6, 6.07) is 5.33. The van der Waals surface area contributed by atoms with Gasteiger partial charge in [0, 0.05) is 12.1 Å². The van der Waals surface area contributed by atoms with Crippen molar-refractivity contribution in [2.45, 2.75) is 44.1 Å². The smallest absolute Gasteiger partial charge is 0.325 e. The number of ether oxygens (including phenoxy) is 1. The Morgan fingerprint density at radius 3 is 2.36 bits per heavy atom. The topological polar surface area (TPSA) is 102 Å². The first-order chi connectivity index (χ1) is 12.0. The first kappa shape index (κ1) is 17.2. The van der Waals surface area contributed by atoms with Gasteiger partial charge in [0.15, 0.2) is 0 Å². The molecule has 1 heterocycles. The van der Waals surface area contributed by atoms with E-state index < -0.39 is 10.5 Å². The fourth-order valence-corrected chi connectivity index (χ4v) is 3.47. The van der Waals surface area contributed by atoms with E-state index in [0.29, 0.717) is 18.6 Å². The highest BCUT2D eigenvalue weighted by Crippen LogP contribution is 2.32. The number of rotatable bonds is 5. The molecule has 3 rings (SSSR count). The number of nitrogens with zero attached hydrogens (tertiary/aromatic N) is 2. The van der Waals surface area contributed by atoms with Crippen molar-refractivity contribution in [2.75, 3.05) is 13.2 Å². The van der Waals surface area contributed by atoms with Crippen LogP contribution in [0.25, 0.3) is 0 Å². The van der Waals surface area contributed by atoms with Crippen molar-refractivity contribution in [3.05, 3.63) is 34.4 Å². The van der Waals surface area contributed by atoms with Gasteiger partial charge in [0.25, 0.3) is 11.6 Å². The van der Waals surface area contributed by atoms with E-state index in [1.54, 1.807) is 0 Å². The van der Waals surface area contributed by atoms with Crippen LogP contribution in [-0.4, -0.2) is 40.5 Å². The van der Waals surface area contributed by atoms with Crippen LogP contribution in [0.15, 0.2) is 24.3 Å². The lowest BCUT2D eigenvalue weighted by Crippen LogP contribution is -2.46. The summed E-state index contributed by atoms with van der Waals surface area (Å²) in [5.74, 6) is 0.300. The molecule has 8 heteroatoms. The first-order valence-corrected chi connectivity index (χ1v) is 8.53. The lowest BCUT2D eigenvalue weighted by atomic mass is 9.90. The molecule has 1 spiro atoms. The number of amides is 3. The average molecular weight is 347 g/mol. The van der Waals surface area contributed by atoms with Crippen molar-refractivity contribution in [1.82, 2.24) is 10.2 Å². The standard InChI is InChI=1S/C17H21N3O5/c21-15-17(9-3-1-2-4-10-17)18-16(22)19(15)11-12-25-14-7-5-13(6-8-14)20(23)24/h5-8H,1-4,9-12H2,(H,18,22). The second kappa shape index (κ2) is 7.08. The van der Waals surface area contributed by atoms with Gasteiger partial charge in [-0.05, 0) is 25.0 Å². The number of hydrogen-bond donors (Lipinski definition) is 1. The Balaban J connectivity index is 1.56. The second-order valence-corrected chi connectivity index (χ2v) is 6.48. The predicted molar refractivity (Wildman–Crippen MR) is 89.3 cm³/mol. The van der Waals surface area contributed by atoms with E-state index in [2.05, 4.69) is 5.32 Å². The lowest BCUT2D eigenvalue weighted by Gasteiger charge is -2.24. The molecule has 1 saturated heterocycles. The van der Waals surface area contributed by atoms with E-state index in [1.807, 2.05) is 0 Å². The van der Waals surface area contributed by atoms with E-state index in [1.165, 1.54) is 29.2 Å². The molecular weight excluding hydrogens is 326 g/mol. The number of carbonyl (C=O) groups excluding carboxylic acids is 2. The maximum absolute atomic E-state index is 12.7. The van der Waals surface area contributed by atoms with E-state index in [9.17, 15) is 19.7 Å². The van der Waals surface area contributed by atoms with E-state index in [4.69, 9.17) is 4.74 Å². The number of imide groups is 1. The lowest BCUT2D eigenvalue weighted by molar-refractivity contribution is -0.384. The van der Waals surface area contributed by atoms with Gasteiger partial charge >= 0.3 is 6.03 Å². The molecule has 1 aliphatic carbocycles. The fraction of sp³-hybridized carbons (Fsp3) is 0.529. The van der Waals surface area contributed by atoms with E-state index >= 15 is 0 Å². The molecule has 0 radical (unpaired) electrons. The van der Waals surface area contributed by atoms with Crippen LogP contribution in [0.3, 0.4) is 0 Å². The summed E-state index contributed by atoms with van der Waals surface area (Å²) in [5, 5.41) is 13.5. The van der Waals surface area contributed by atoms with Gasteiger partial charge in [-0.3, -0.25) is 19.8 Å². The second-order valence-electron chi connectivity index (χ2n) is 6.48. The van der Waals surface area contributed by atoms with Gasteiger partial charge in [-0.1, -0.05) is 25.7 Å². The highest BCUT2D eigenvalue weighted by atomic mass is 16.6. The minimum Gasteiger partial charge on any atom is -0.492 e. The summed E-state index contributed by atoms with van der Waals surface area (Å²) in [7, 11) is 0. The van der Waals surface area contributed by atoms with Crippen LogP contribution >= 0.6 is 0 Å². The summed E-state index contributed by atoms with van der Waals surface area (Å²) in [4.78, 5) is 36.3. The normalized spacial score (nSPS) is 19.6. The maximum atomic E-state index is 12.7. The maximum Gasteiger partial charge on any atom is 0.325 e. The largest absolute Gasteiger partial charge is 0.492 e. The third-order valence-electron chi connectivity index (χ3n) is 4.83. The number of benzene rings is 1. The zero-order chi connectivity index (χ0) is 17.9. The van der Waals surface area contributed by atoms with Gasteiger partial charge in [0.2, 0.25) is 0 Å². The Labute approximate surface area is 145 Å². The third-order valence-corrected chi connectivity index (χ3v) is 4.83. The number of non-ortho nitro benzene ring substituents is 1. The van der Waals surface area contributed by atoms with Crippen molar-refractivity contribution >= 4 is 17.6 Å². The summed E-state index contributed by atoms with van der Waals surface area (Å²) >= 11 is 0. The molecule has 134 valence electrons. The SMILES string of the molecule is O=C1NC2(CCCCCC2)C(=O)N1CCOc1ccc([N+](=O)[O-])cc1. The molecule has 0 bridgehead atoms. The number of nitro benzene ring substituents is 1. The zero-order valence-corrected chi connectivity index (χ0v) is 13.9. The van der Waals surface area contributed by atoms with Crippen molar-refractivity contribution in [2.24, 2.45) is 0 Å². The number of nitro groups is 1. The van der Waals surface area contributed by atoms with Crippen molar-refractivity contribution in [3.8, 4) is 5.75 Å². The van der Waals surface area contributed by atoms with Crippen LogP contribution in [0.1, 0.15) is 38.5 Å². The number of hydrogen-bond acceptors (Lipinski definition) is 5. The van der Waals surface area contributed by atoms with Crippen molar-refractivity contribution in [1.29, 1.82) is 0 Å². The van der Waals surface area contributed by atoms with Gasteiger partial charge in [-0.2, -0.15) is 0 Å². The van der Waals surface area contributed by atoms with Crippen molar-refractivity contribution in [3.63, 3.8) is 0 Å². The molecule has 0 aromatic heterocycles. The zero-order valence-electron chi connectivity index (χ0n) is 13.9. The quantitative estimate of drug-likeness (QED) is 0.501. The molecular formula is C17H21N3O5. The van der Waals surface area contributed by atoms with E-state index in [-0.39, 0.29) is 30.8 Å². The molecule has 2 aliphatic rings. The monoisotopic (exact) mass is 347 g/mol. The molecule has 1 aromatic carbocycles. The van der Waals surface area contributed by atoms with E-state index in [0.717, 1.165) is 25.7 Å². The number of carbonyl (C=O) groups is 2. The van der Waals surface area contributed by atoms with Crippen molar-refractivity contribution < 1.29 is 19.2 Å². The van der Waals surface area contributed by atoms with Crippen LogP contribution in [0.4, 0.5) is 10.5 Å². The van der Waals surface area contributed by atoms with Gasteiger partial charge in [0.05, 0.1) is 11.5 Å². The molecule has 0 atom stereocenters. The van der Waals surface area contributed by atoms with Gasteiger partial charge in [-0.15, -0.1) is 0 Å². The number of nitrogens with one attached hydrogen (secondary N) is 1. The summed E-state index contributed by atoms with van der Waals surface area (Å²) in [6.45, 7) is 0.302. The molecule has 8 nitrogen and oxygen atoms in total. The van der Waals surface area contributed by atoms with Crippen LogP contribution in [0, 0.1) is 10.1 Å². The summed E-state index contributed by atoms with van der Waals surface area (Å²) in [6.07, 6.45) is 5.45. The molecule has 1 aromatic rings. The highest BCUT2D eigenvalue weighted by molar-refractivity contribution is 6.07.